The molecule has 0 spiro atoms. The van der Waals surface area contributed by atoms with Crippen molar-refractivity contribution in [3.8, 4) is 11.1 Å². The molecule has 0 saturated heterocycles. The minimum atomic E-state index is -1.04. The molecule has 1 aromatic heterocycles. The van der Waals surface area contributed by atoms with Crippen LogP contribution in [0.3, 0.4) is 0 Å². The van der Waals surface area contributed by atoms with Crippen LogP contribution in [0.5, 0.6) is 0 Å². The summed E-state index contributed by atoms with van der Waals surface area (Å²) in [6.45, 7) is 5.36. The molecule has 1 N–H and O–H groups in total. The standard InChI is InChI=1S/C18H22N2O4/c1-18(2,3)24-16(21)9-14(17(22)23)11-20-12-15(10-19-20)13-7-5-4-6-8-13/h4-8,10,12,14H,9,11H2,1-3H3,(H,22,23)/t14-/m0/s1. The van der Waals surface area contributed by atoms with Crippen LogP contribution in [0.4, 0.5) is 0 Å². The van der Waals surface area contributed by atoms with E-state index < -0.39 is 23.5 Å². The summed E-state index contributed by atoms with van der Waals surface area (Å²) in [5.41, 5.74) is 1.27. The zero-order valence-corrected chi connectivity index (χ0v) is 14.1. The van der Waals surface area contributed by atoms with Crippen LogP contribution < -0.4 is 0 Å². The minimum absolute atomic E-state index is 0.113. The number of hydrogen-bond acceptors (Lipinski definition) is 4. The van der Waals surface area contributed by atoms with Crippen molar-refractivity contribution in [3.05, 3.63) is 42.7 Å². The molecule has 2 aromatic rings. The van der Waals surface area contributed by atoms with E-state index in [4.69, 9.17) is 4.74 Å². The molecule has 6 nitrogen and oxygen atoms in total. The topological polar surface area (TPSA) is 81.4 Å². The lowest BCUT2D eigenvalue weighted by Gasteiger charge is -2.21. The van der Waals surface area contributed by atoms with Gasteiger partial charge in [-0.25, -0.2) is 0 Å². The number of aromatic nitrogens is 2. The van der Waals surface area contributed by atoms with E-state index >= 15 is 0 Å². The van der Waals surface area contributed by atoms with E-state index in [9.17, 15) is 14.7 Å². The van der Waals surface area contributed by atoms with Crippen LogP contribution in [0.2, 0.25) is 0 Å². The third kappa shape index (κ3) is 5.22. The first-order chi connectivity index (χ1) is 11.2. The van der Waals surface area contributed by atoms with Gasteiger partial charge in [0, 0.05) is 11.8 Å². The fourth-order valence-corrected chi connectivity index (χ4v) is 2.28. The van der Waals surface area contributed by atoms with E-state index in [0.29, 0.717) is 0 Å². The highest BCUT2D eigenvalue weighted by molar-refractivity contribution is 5.79. The summed E-state index contributed by atoms with van der Waals surface area (Å²) in [6, 6.07) is 9.69. The number of ether oxygens (including phenoxy) is 1. The predicted octanol–water partition coefficient (Wildman–Crippen LogP) is 2.98. The first-order valence-electron chi connectivity index (χ1n) is 7.77. The molecule has 0 unspecified atom stereocenters. The van der Waals surface area contributed by atoms with Gasteiger partial charge in [0.2, 0.25) is 0 Å². The van der Waals surface area contributed by atoms with Gasteiger partial charge in [-0.1, -0.05) is 30.3 Å². The van der Waals surface area contributed by atoms with Crippen LogP contribution in [0.1, 0.15) is 27.2 Å². The van der Waals surface area contributed by atoms with Gasteiger partial charge in [-0.05, 0) is 26.3 Å². The average molecular weight is 330 g/mol. The molecular weight excluding hydrogens is 308 g/mol. The molecule has 1 aromatic carbocycles. The second-order valence-corrected chi connectivity index (χ2v) is 6.64. The maximum Gasteiger partial charge on any atom is 0.308 e. The Kier molecular flexibility index (Phi) is 5.39. The Labute approximate surface area is 141 Å². The molecule has 0 aliphatic carbocycles. The van der Waals surface area contributed by atoms with E-state index in [0.717, 1.165) is 11.1 Å². The zero-order valence-electron chi connectivity index (χ0n) is 14.1. The molecule has 0 aliphatic heterocycles. The van der Waals surface area contributed by atoms with Crippen LogP contribution >= 0.6 is 0 Å². The largest absolute Gasteiger partial charge is 0.481 e. The molecule has 0 fully saturated rings. The molecule has 1 atom stereocenters. The van der Waals surface area contributed by atoms with Crippen molar-refractivity contribution >= 4 is 11.9 Å². The number of carboxylic acid groups (broad SMARTS) is 1. The Hall–Kier alpha value is -2.63. The molecule has 128 valence electrons. The lowest BCUT2D eigenvalue weighted by molar-refractivity contribution is -0.160. The van der Waals surface area contributed by atoms with Crippen LogP contribution in [0.15, 0.2) is 42.7 Å². The Morgan fingerprint density at radius 3 is 2.46 bits per heavy atom. The van der Waals surface area contributed by atoms with Crippen molar-refractivity contribution in [1.29, 1.82) is 0 Å². The highest BCUT2D eigenvalue weighted by atomic mass is 16.6. The quantitative estimate of drug-likeness (QED) is 0.824. The molecule has 6 heteroatoms. The summed E-state index contributed by atoms with van der Waals surface area (Å²) in [5, 5.41) is 13.6. The number of carboxylic acids is 1. The zero-order chi connectivity index (χ0) is 17.7. The maximum atomic E-state index is 11.9. The molecule has 24 heavy (non-hydrogen) atoms. The highest BCUT2D eigenvalue weighted by Crippen LogP contribution is 2.19. The molecule has 0 radical (unpaired) electrons. The molecule has 0 bridgehead atoms. The van der Waals surface area contributed by atoms with Crippen LogP contribution in [0.25, 0.3) is 11.1 Å². The van der Waals surface area contributed by atoms with Crippen molar-refractivity contribution in [1.82, 2.24) is 9.78 Å². The lowest BCUT2D eigenvalue weighted by atomic mass is 10.1. The SMILES string of the molecule is CC(C)(C)OC(=O)C[C@@H](Cn1cc(-c2ccccc2)cn1)C(=O)O. The van der Waals surface area contributed by atoms with Crippen molar-refractivity contribution in [2.24, 2.45) is 5.92 Å². The lowest BCUT2D eigenvalue weighted by Crippen LogP contribution is -2.29. The third-order valence-electron chi connectivity index (χ3n) is 3.33. The van der Waals surface area contributed by atoms with E-state index in [-0.39, 0.29) is 13.0 Å². The normalized spacial score (nSPS) is 12.6. The number of benzene rings is 1. The monoisotopic (exact) mass is 330 g/mol. The second-order valence-electron chi connectivity index (χ2n) is 6.64. The van der Waals surface area contributed by atoms with Gasteiger partial charge in [0.05, 0.1) is 25.1 Å². The van der Waals surface area contributed by atoms with Gasteiger partial charge in [-0.15, -0.1) is 0 Å². The first-order valence-corrected chi connectivity index (χ1v) is 7.77. The molecule has 2 rings (SSSR count). The Morgan fingerprint density at radius 1 is 1.21 bits per heavy atom. The molecule has 1 heterocycles. The van der Waals surface area contributed by atoms with Crippen LogP contribution in [-0.2, 0) is 20.9 Å². The summed E-state index contributed by atoms with van der Waals surface area (Å²) < 4.78 is 6.75. The molecule has 0 saturated carbocycles. The first kappa shape index (κ1) is 17.7. The van der Waals surface area contributed by atoms with Gasteiger partial charge in [-0.2, -0.15) is 5.10 Å². The second kappa shape index (κ2) is 7.29. The Bertz CT molecular complexity index is 701. The number of nitrogens with zero attached hydrogens (tertiary/aromatic N) is 2. The Morgan fingerprint density at radius 2 is 1.88 bits per heavy atom. The number of hydrogen-bond donors (Lipinski definition) is 1. The van der Waals surface area contributed by atoms with E-state index in [1.807, 2.05) is 30.3 Å². The van der Waals surface area contributed by atoms with Gasteiger partial charge >= 0.3 is 11.9 Å². The summed E-state index contributed by atoms with van der Waals surface area (Å²) >= 11 is 0. The number of carbonyl (C=O) groups is 2. The van der Waals surface area contributed by atoms with Crippen molar-refractivity contribution in [3.63, 3.8) is 0 Å². The van der Waals surface area contributed by atoms with E-state index in [1.165, 1.54) is 0 Å². The van der Waals surface area contributed by atoms with Gasteiger partial charge < -0.3 is 9.84 Å². The summed E-state index contributed by atoms with van der Waals surface area (Å²) in [4.78, 5) is 23.3. The molecule has 0 amide bonds. The number of esters is 1. The smallest absolute Gasteiger partial charge is 0.308 e. The number of aliphatic carboxylic acids is 1. The van der Waals surface area contributed by atoms with Crippen LogP contribution in [0, 0.1) is 5.92 Å². The van der Waals surface area contributed by atoms with E-state index in [1.54, 1.807) is 37.8 Å². The van der Waals surface area contributed by atoms with Crippen molar-refractivity contribution in [2.75, 3.05) is 0 Å². The van der Waals surface area contributed by atoms with E-state index in [2.05, 4.69) is 5.10 Å². The van der Waals surface area contributed by atoms with Gasteiger partial charge in [-0.3, -0.25) is 14.3 Å². The Balaban J connectivity index is 2.05. The fourth-order valence-electron chi connectivity index (χ4n) is 2.28. The third-order valence-corrected chi connectivity index (χ3v) is 3.33. The van der Waals surface area contributed by atoms with Crippen molar-refractivity contribution < 1.29 is 19.4 Å². The maximum absolute atomic E-state index is 11.9. The number of rotatable bonds is 6. The van der Waals surface area contributed by atoms with Gasteiger partial charge in [0.1, 0.15) is 5.60 Å². The fraction of sp³-hybridized carbons (Fsp3) is 0.389. The van der Waals surface area contributed by atoms with Crippen molar-refractivity contribution in [2.45, 2.75) is 39.3 Å². The van der Waals surface area contributed by atoms with Crippen LogP contribution in [-0.4, -0.2) is 32.4 Å². The molecule has 0 aliphatic rings. The van der Waals surface area contributed by atoms with Gasteiger partial charge in [0.25, 0.3) is 0 Å². The molecular formula is C18H22N2O4. The summed E-state index contributed by atoms with van der Waals surface area (Å²) in [7, 11) is 0. The highest BCUT2D eigenvalue weighted by Gasteiger charge is 2.26. The van der Waals surface area contributed by atoms with Gasteiger partial charge in [0.15, 0.2) is 0 Å². The summed E-state index contributed by atoms with van der Waals surface area (Å²) in [6.07, 6.45) is 3.27. The average Bonchev–Trinajstić information content (AvgIpc) is 2.94. The minimum Gasteiger partial charge on any atom is -0.481 e. The predicted molar refractivity (Wildman–Crippen MR) is 89.3 cm³/mol. The summed E-state index contributed by atoms with van der Waals surface area (Å²) in [5.74, 6) is -2.45. The number of carbonyl (C=O) groups excluding carboxylic acids is 1.